The Kier molecular flexibility index (Phi) is 4.05. The SMILES string of the molecule is Cc1nc2ccc(CNC(=O)NCc3ccccc3)cc2o1. The van der Waals surface area contributed by atoms with Gasteiger partial charge in [0, 0.05) is 20.0 Å². The predicted octanol–water partition coefficient (Wildman–Crippen LogP) is 3.14. The van der Waals surface area contributed by atoms with E-state index >= 15 is 0 Å². The van der Waals surface area contributed by atoms with Crippen molar-refractivity contribution in [2.45, 2.75) is 20.0 Å². The van der Waals surface area contributed by atoms with E-state index in [4.69, 9.17) is 4.42 Å². The Labute approximate surface area is 128 Å². The molecule has 1 aromatic heterocycles. The normalized spacial score (nSPS) is 10.6. The molecule has 0 unspecified atom stereocenters. The number of rotatable bonds is 4. The second kappa shape index (κ2) is 6.30. The van der Waals surface area contributed by atoms with Gasteiger partial charge >= 0.3 is 6.03 Å². The highest BCUT2D eigenvalue weighted by Gasteiger charge is 2.05. The van der Waals surface area contributed by atoms with Crippen LogP contribution < -0.4 is 10.6 Å². The van der Waals surface area contributed by atoms with Crippen LogP contribution in [-0.4, -0.2) is 11.0 Å². The summed E-state index contributed by atoms with van der Waals surface area (Å²) in [7, 11) is 0. The molecule has 1 heterocycles. The molecule has 2 N–H and O–H groups in total. The minimum atomic E-state index is -0.197. The quantitative estimate of drug-likeness (QED) is 0.777. The van der Waals surface area contributed by atoms with Gasteiger partial charge in [-0.2, -0.15) is 0 Å². The number of urea groups is 1. The van der Waals surface area contributed by atoms with Crippen LogP contribution in [0.25, 0.3) is 11.1 Å². The molecule has 3 rings (SSSR count). The smallest absolute Gasteiger partial charge is 0.315 e. The second-order valence-electron chi connectivity index (χ2n) is 5.06. The highest BCUT2D eigenvalue weighted by molar-refractivity contribution is 5.75. The Balaban J connectivity index is 1.53. The maximum Gasteiger partial charge on any atom is 0.315 e. The van der Waals surface area contributed by atoms with Crippen molar-refractivity contribution >= 4 is 17.1 Å². The molecule has 22 heavy (non-hydrogen) atoms. The Bertz CT molecular complexity index is 781. The Morgan fingerprint density at radius 2 is 1.77 bits per heavy atom. The highest BCUT2D eigenvalue weighted by Crippen LogP contribution is 2.16. The van der Waals surface area contributed by atoms with Crippen molar-refractivity contribution in [2.75, 3.05) is 0 Å². The zero-order chi connectivity index (χ0) is 15.4. The number of benzene rings is 2. The van der Waals surface area contributed by atoms with Crippen LogP contribution in [0.4, 0.5) is 4.79 Å². The molecule has 0 atom stereocenters. The summed E-state index contributed by atoms with van der Waals surface area (Å²) in [6.07, 6.45) is 0. The first-order valence-corrected chi connectivity index (χ1v) is 7.12. The lowest BCUT2D eigenvalue weighted by atomic mass is 10.2. The van der Waals surface area contributed by atoms with Gasteiger partial charge in [0.25, 0.3) is 0 Å². The highest BCUT2D eigenvalue weighted by atomic mass is 16.3. The first-order chi connectivity index (χ1) is 10.7. The molecule has 0 aliphatic carbocycles. The number of aryl methyl sites for hydroxylation is 1. The third-order valence-corrected chi connectivity index (χ3v) is 3.31. The van der Waals surface area contributed by atoms with E-state index in [1.54, 1.807) is 0 Å². The number of nitrogens with zero attached hydrogens (tertiary/aromatic N) is 1. The van der Waals surface area contributed by atoms with E-state index in [9.17, 15) is 4.79 Å². The van der Waals surface area contributed by atoms with Crippen LogP contribution in [0, 0.1) is 6.92 Å². The summed E-state index contributed by atoms with van der Waals surface area (Å²) in [5.74, 6) is 0.640. The number of oxazole rings is 1. The van der Waals surface area contributed by atoms with Gasteiger partial charge in [-0.1, -0.05) is 36.4 Å². The molecule has 0 fully saturated rings. The molecule has 0 aliphatic rings. The van der Waals surface area contributed by atoms with Gasteiger partial charge in [-0.3, -0.25) is 0 Å². The fourth-order valence-corrected chi connectivity index (χ4v) is 2.22. The summed E-state index contributed by atoms with van der Waals surface area (Å²) in [6, 6.07) is 15.3. The predicted molar refractivity (Wildman–Crippen MR) is 84.3 cm³/mol. The van der Waals surface area contributed by atoms with Crippen LogP contribution in [0.2, 0.25) is 0 Å². The molecule has 0 bridgehead atoms. The minimum absolute atomic E-state index is 0.197. The molecule has 3 aromatic rings. The van der Waals surface area contributed by atoms with Crippen molar-refractivity contribution in [3.63, 3.8) is 0 Å². The molecular weight excluding hydrogens is 278 g/mol. The lowest BCUT2D eigenvalue weighted by Gasteiger charge is -2.07. The molecular formula is C17H17N3O2. The zero-order valence-electron chi connectivity index (χ0n) is 12.3. The lowest BCUT2D eigenvalue weighted by molar-refractivity contribution is 0.240. The molecule has 0 aliphatic heterocycles. The van der Waals surface area contributed by atoms with E-state index in [0.29, 0.717) is 19.0 Å². The van der Waals surface area contributed by atoms with Crippen LogP contribution in [0.15, 0.2) is 52.9 Å². The summed E-state index contributed by atoms with van der Waals surface area (Å²) in [5, 5.41) is 5.65. The standard InChI is InChI=1S/C17H17N3O2/c1-12-20-15-8-7-14(9-16(15)22-12)11-19-17(21)18-10-13-5-3-2-4-6-13/h2-9H,10-11H2,1H3,(H2,18,19,21). The number of carbonyl (C=O) groups is 1. The van der Waals surface area contributed by atoms with Crippen molar-refractivity contribution in [3.8, 4) is 0 Å². The average Bonchev–Trinajstić information content (AvgIpc) is 2.91. The summed E-state index contributed by atoms with van der Waals surface area (Å²) < 4.78 is 5.48. The zero-order valence-corrected chi connectivity index (χ0v) is 12.3. The van der Waals surface area contributed by atoms with Gasteiger partial charge in [0.05, 0.1) is 0 Å². The average molecular weight is 295 g/mol. The van der Waals surface area contributed by atoms with Crippen LogP contribution in [-0.2, 0) is 13.1 Å². The van der Waals surface area contributed by atoms with Gasteiger partial charge in [-0.15, -0.1) is 0 Å². The summed E-state index contributed by atoms with van der Waals surface area (Å²) in [6.45, 7) is 2.76. The van der Waals surface area contributed by atoms with Gasteiger partial charge in [0.15, 0.2) is 11.5 Å². The molecule has 0 saturated heterocycles. The van der Waals surface area contributed by atoms with E-state index in [2.05, 4.69) is 15.6 Å². The topological polar surface area (TPSA) is 67.2 Å². The van der Waals surface area contributed by atoms with Gasteiger partial charge < -0.3 is 15.1 Å². The van der Waals surface area contributed by atoms with Crippen molar-refractivity contribution < 1.29 is 9.21 Å². The Hall–Kier alpha value is -2.82. The molecule has 2 amide bonds. The first kappa shape index (κ1) is 14.1. The summed E-state index contributed by atoms with van der Waals surface area (Å²) >= 11 is 0. The van der Waals surface area contributed by atoms with Crippen LogP contribution in [0.3, 0.4) is 0 Å². The van der Waals surface area contributed by atoms with Gasteiger partial charge in [0.1, 0.15) is 5.52 Å². The van der Waals surface area contributed by atoms with Crippen LogP contribution in [0.1, 0.15) is 17.0 Å². The molecule has 0 spiro atoms. The monoisotopic (exact) mass is 295 g/mol. The fourth-order valence-electron chi connectivity index (χ4n) is 2.22. The molecule has 5 heteroatoms. The van der Waals surface area contributed by atoms with Crippen molar-refractivity contribution in [3.05, 3.63) is 65.5 Å². The molecule has 112 valence electrons. The maximum absolute atomic E-state index is 11.8. The summed E-state index contributed by atoms with van der Waals surface area (Å²) in [5.41, 5.74) is 3.60. The number of carbonyl (C=O) groups excluding carboxylic acids is 1. The first-order valence-electron chi connectivity index (χ1n) is 7.12. The van der Waals surface area contributed by atoms with Gasteiger partial charge in [0.2, 0.25) is 0 Å². The van der Waals surface area contributed by atoms with Gasteiger partial charge in [-0.25, -0.2) is 9.78 Å². The van der Waals surface area contributed by atoms with E-state index in [0.717, 1.165) is 22.2 Å². The third kappa shape index (κ3) is 3.44. The lowest BCUT2D eigenvalue weighted by Crippen LogP contribution is -2.34. The molecule has 0 saturated carbocycles. The van der Waals surface area contributed by atoms with E-state index in [1.165, 1.54) is 0 Å². The fraction of sp³-hybridized carbons (Fsp3) is 0.176. The number of amides is 2. The maximum atomic E-state index is 11.8. The molecule has 5 nitrogen and oxygen atoms in total. The second-order valence-corrected chi connectivity index (χ2v) is 5.06. The minimum Gasteiger partial charge on any atom is -0.441 e. The number of aromatic nitrogens is 1. The molecule has 2 aromatic carbocycles. The number of hydrogen-bond donors (Lipinski definition) is 2. The van der Waals surface area contributed by atoms with E-state index < -0.39 is 0 Å². The van der Waals surface area contributed by atoms with E-state index in [1.807, 2.05) is 55.5 Å². The van der Waals surface area contributed by atoms with Crippen molar-refractivity contribution in [1.29, 1.82) is 0 Å². The third-order valence-electron chi connectivity index (χ3n) is 3.31. The van der Waals surface area contributed by atoms with Crippen molar-refractivity contribution in [1.82, 2.24) is 15.6 Å². The summed E-state index contributed by atoms with van der Waals surface area (Å²) in [4.78, 5) is 16.0. The molecule has 0 radical (unpaired) electrons. The number of fused-ring (bicyclic) bond motifs is 1. The van der Waals surface area contributed by atoms with E-state index in [-0.39, 0.29) is 6.03 Å². The Morgan fingerprint density at radius 3 is 2.55 bits per heavy atom. The van der Waals surface area contributed by atoms with Crippen molar-refractivity contribution in [2.24, 2.45) is 0 Å². The van der Waals surface area contributed by atoms with Crippen LogP contribution >= 0.6 is 0 Å². The Morgan fingerprint density at radius 1 is 1.05 bits per heavy atom. The van der Waals surface area contributed by atoms with Crippen LogP contribution in [0.5, 0.6) is 0 Å². The number of hydrogen-bond acceptors (Lipinski definition) is 3. The number of nitrogens with one attached hydrogen (secondary N) is 2. The largest absolute Gasteiger partial charge is 0.441 e. The van der Waals surface area contributed by atoms with Gasteiger partial charge in [-0.05, 0) is 23.3 Å².